The van der Waals surface area contributed by atoms with Crippen molar-refractivity contribution >= 4 is 10.0 Å². The molecular weight excluding hydrogens is 214 g/mol. The van der Waals surface area contributed by atoms with E-state index in [4.69, 9.17) is 0 Å². The third-order valence-corrected chi connectivity index (χ3v) is 3.89. The molecule has 5 nitrogen and oxygen atoms in total. The number of nitrogens with zero attached hydrogens (tertiary/aromatic N) is 2. The lowest BCUT2D eigenvalue weighted by molar-refractivity contribution is 0.580. The molecule has 0 atom stereocenters. The van der Waals surface area contributed by atoms with E-state index in [2.05, 4.69) is 16.7 Å². The molecule has 0 saturated carbocycles. The van der Waals surface area contributed by atoms with Crippen molar-refractivity contribution < 1.29 is 8.42 Å². The van der Waals surface area contributed by atoms with Gasteiger partial charge in [0.05, 0.1) is 11.4 Å². The van der Waals surface area contributed by atoms with Crippen LogP contribution < -0.4 is 4.72 Å². The summed E-state index contributed by atoms with van der Waals surface area (Å²) in [6.07, 6.45) is 0.525. The van der Waals surface area contributed by atoms with Gasteiger partial charge in [0.2, 0.25) is 10.0 Å². The highest BCUT2D eigenvalue weighted by Crippen LogP contribution is 2.17. The quantitative estimate of drug-likeness (QED) is 0.821. The van der Waals surface area contributed by atoms with Crippen LogP contribution >= 0.6 is 0 Å². The first kappa shape index (κ1) is 12.2. The van der Waals surface area contributed by atoms with Crippen molar-refractivity contribution in [2.75, 3.05) is 6.54 Å². The number of sulfonamides is 1. The Morgan fingerprint density at radius 1 is 1.47 bits per heavy atom. The minimum Gasteiger partial charge on any atom is -0.271 e. The lowest BCUT2D eigenvalue weighted by Gasteiger charge is -2.05. The average molecular weight is 230 g/mol. The molecule has 1 rings (SSSR count). The molecule has 1 aromatic rings. The van der Waals surface area contributed by atoms with E-state index in [-0.39, 0.29) is 4.90 Å². The number of rotatable bonds is 4. The minimum atomic E-state index is -3.44. The van der Waals surface area contributed by atoms with Crippen LogP contribution in [-0.2, 0) is 17.1 Å². The number of nitrogens with one attached hydrogen (secondary N) is 1. The Bertz CT molecular complexity index is 448. The van der Waals surface area contributed by atoms with Crippen molar-refractivity contribution in [3.05, 3.63) is 18.3 Å². The maximum absolute atomic E-state index is 11.9. The van der Waals surface area contributed by atoms with Crippen LogP contribution in [0.1, 0.15) is 17.8 Å². The highest BCUT2D eigenvalue weighted by Gasteiger charge is 2.22. The summed E-state index contributed by atoms with van der Waals surface area (Å²) in [5.74, 6) is 0. The first-order valence-corrected chi connectivity index (χ1v) is 6.17. The summed E-state index contributed by atoms with van der Waals surface area (Å²) in [6.45, 7) is 7.35. The van der Waals surface area contributed by atoms with Gasteiger partial charge in [-0.2, -0.15) is 5.10 Å². The maximum Gasteiger partial charge on any atom is 0.244 e. The molecule has 0 aliphatic heterocycles. The van der Waals surface area contributed by atoms with Gasteiger partial charge in [0.25, 0.3) is 0 Å². The fourth-order valence-corrected chi connectivity index (χ4v) is 2.93. The second-order valence-corrected chi connectivity index (χ2v) is 5.08. The molecule has 6 heteroatoms. The second kappa shape index (κ2) is 4.32. The van der Waals surface area contributed by atoms with Crippen molar-refractivity contribution in [3.63, 3.8) is 0 Å². The Morgan fingerprint density at radius 2 is 2.07 bits per heavy atom. The van der Waals surface area contributed by atoms with Gasteiger partial charge in [-0.1, -0.05) is 6.92 Å². The standard InChI is InChI=1S/C9H16N3O2S/c1-5-6-10-15(13,14)9-7(2)11-12(4)8(9)3/h10H,1,5-6H2,2-4H3. The van der Waals surface area contributed by atoms with Crippen LogP contribution in [0.5, 0.6) is 0 Å². The zero-order valence-corrected chi connectivity index (χ0v) is 10.1. The third-order valence-electron chi connectivity index (χ3n) is 2.18. The Hall–Kier alpha value is -0.880. The molecule has 0 unspecified atom stereocenters. The van der Waals surface area contributed by atoms with Gasteiger partial charge in [0.1, 0.15) is 4.90 Å². The molecule has 15 heavy (non-hydrogen) atoms. The van der Waals surface area contributed by atoms with Crippen LogP contribution in [0, 0.1) is 20.8 Å². The van der Waals surface area contributed by atoms with E-state index in [0.717, 1.165) is 0 Å². The van der Waals surface area contributed by atoms with E-state index in [1.165, 1.54) is 0 Å². The molecule has 0 aliphatic carbocycles. The summed E-state index contributed by atoms with van der Waals surface area (Å²) in [5, 5.41) is 4.07. The van der Waals surface area contributed by atoms with Gasteiger partial charge in [-0.25, -0.2) is 13.1 Å². The maximum atomic E-state index is 11.9. The molecule has 0 fully saturated rings. The first-order chi connectivity index (χ1) is 6.90. The molecule has 1 aromatic heterocycles. The highest BCUT2D eigenvalue weighted by atomic mass is 32.2. The van der Waals surface area contributed by atoms with Gasteiger partial charge in [0, 0.05) is 13.6 Å². The average Bonchev–Trinajstić information content (AvgIpc) is 2.38. The zero-order chi connectivity index (χ0) is 11.6. The van der Waals surface area contributed by atoms with E-state index >= 15 is 0 Å². The van der Waals surface area contributed by atoms with Crippen molar-refractivity contribution in [2.24, 2.45) is 7.05 Å². The van der Waals surface area contributed by atoms with Gasteiger partial charge in [-0.15, -0.1) is 0 Å². The van der Waals surface area contributed by atoms with Crippen LogP contribution in [0.3, 0.4) is 0 Å². The predicted octanol–water partition coefficient (Wildman–Crippen LogP) is 0.539. The summed E-state index contributed by atoms with van der Waals surface area (Å²) in [4.78, 5) is 0.276. The molecule has 85 valence electrons. The predicted molar refractivity (Wildman–Crippen MR) is 57.8 cm³/mol. The number of hydrogen-bond donors (Lipinski definition) is 1. The van der Waals surface area contributed by atoms with Crippen molar-refractivity contribution in [1.29, 1.82) is 0 Å². The fourth-order valence-electron chi connectivity index (χ4n) is 1.42. The minimum absolute atomic E-state index is 0.276. The van der Waals surface area contributed by atoms with Crippen molar-refractivity contribution in [2.45, 2.75) is 25.2 Å². The SMILES string of the molecule is [CH2]CCNS(=O)(=O)c1c(C)nn(C)c1C. The summed E-state index contributed by atoms with van der Waals surface area (Å²) >= 11 is 0. The molecule has 1 heterocycles. The van der Waals surface area contributed by atoms with Crippen LogP contribution in [0.4, 0.5) is 0 Å². The summed E-state index contributed by atoms with van der Waals surface area (Å²) in [6, 6.07) is 0. The molecule has 0 spiro atoms. The van der Waals surface area contributed by atoms with Crippen LogP contribution in [0.25, 0.3) is 0 Å². The third kappa shape index (κ3) is 2.38. The summed E-state index contributed by atoms with van der Waals surface area (Å²) < 4.78 is 27.7. The van der Waals surface area contributed by atoms with Gasteiger partial charge in [-0.3, -0.25) is 4.68 Å². The Kier molecular flexibility index (Phi) is 3.51. The normalized spacial score (nSPS) is 12.0. The lowest BCUT2D eigenvalue weighted by atomic mass is 10.4. The van der Waals surface area contributed by atoms with E-state index in [1.807, 2.05) is 0 Å². The summed E-state index contributed by atoms with van der Waals surface area (Å²) in [7, 11) is -1.71. The van der Waals surface area contributed by atoms with Crippen molar-refractivity contribution in [3.8, 4) is 0 Å². The Morgan fingerprint density at radius 3 is 2.47 bits per heavy atom. The molecule has 0 bridgehead atoms. The Labute approximate surface area is 90.5 Å². The smallest absolute Gasteiger partial charge is 0.244 e. The Balaban J connectivity index is 3.15. The molecule has 0 saturated heterocycles. The van der Waals surface area contributed by atoms with Gasteiger partial charge in [0.15, 0.2) is 0 Å². The van der Waals surface area contributed by atoms with Crippen LogP contribution in [-0.4, -0.2) is 24.7 Å². The van der Waals surface area contributed by atoms with Crippen molar-refractivity contribution in [1.82, 2.24) is 14.5 Å². The molecule has 1 N–H and O–H groups in total. The number of aromatic nitrogens is 2. The number of hydrogen-bond acceptors (Lipinski definition) is 3. The molecular formula is C9H16N3O2S. The van der Waals surface area contributed by atoms with E-state index in [9.17, 15) is 8.42 Å². The van der Waals surface area contributed by atoms with E-state index in [0.29, 0.717) is 24.4 Å². The molecule has 1 radical (unpaired) electrons. The first-order valence-electron chi connectivity index (χ1n) is 4.69. The second-order valence-electron chi connectivity index (χ2n) is 3.37. The highest BCUT2D eigenvalue weighted by molar-refractivity contribution is 7.89. The van der Waals surface area contributed by atoms with Gasteiger partial charge < -0.3 is 0 Å². The van der Waals surface area contributed by atoms with Crippen LogP contribution in [0.15, 0.2) is 4.90 Å². The largest absolute Gasteiger partial charge is 0.271 e. The zero-order valence-electron chi connectivity index (χ0n) is 9.24. The molecule has 0 aliphatic rings. The lowest BCUT2D eigenvalue weighted by Crippen LogP contribution is -2.25. The monoisotopic (exact) mass is 230 g/mol. The van der Waals surface area contributed by atoms with E-state index < -0.39 is 10.0 Å². The van der Waals surface area contributed by atoms with Gasteiger partial charge in [-0.05, 0) is 20.3 Å². The number of aryl methyl sites for hydroxylation is 2. The topological polar surface area (TPSA) is 64.0 Å². The molecule has 0 amide bonds. The molecule has 0 aromatic carbocycles. The fraction of sp³-hybridized carbons (Fsp3) is 0.556. The van der Waals surface area contributed by atoms with E-state index in [1.54, 1.807) is 25.6 Å². The van der Waals surface area contributed by atoms with Crippen LogP contribution in [0.2, 0.25) is 0 Å². The van der Waals surface area contributed by atoms with Gasteiger partial charge >= 0.3 is 0 Å². The summed E-state index contributed by atoms with van der Waals surface area (Å²) in [5.41, 5.74) is 1.16.